The van der Waals surface area contributed by atoms with Crippen LogP contribution in [0.5, 0.6) is 0 Å². The third kappa shape index (κ3) is 7.40. The second-order valence-corrected chi connectivity index (χ2v) is 7.26. The van der Waals surface area contributed by atoms with Crippen molar-refractivity contribution < 1.29 is 32.8 Å². The van der Waals surface area contributed by atoms with Crippen LogP contribution in [0.15, 0.2) is 0 Å². The van der Waals surface area contributed by atoms with Gasteiger partial charge in [-0.3, -0.25) is 0 Å². The van der Waals surface area contributed by atoms with Crippen LogP contribution in [-0.2, 0) is 32.8 Å². The third-order valence-corrected chi connectivity index (χ3v) is 5.00. The van der Waals surface area contributed by atoms with Crippen molar-refractivity contribution in [2.45, 2.75) is 46.9 Å². The lowest BCUT2D eigenvalue weighted by Gasteiger charge is -2.35. The van der Waals surface area contributed by atoms with Crippen LogP contribution in [0.2, 0.25) is 0 Å². The lowest BCUT2D eigenvalue weighted by atomic mass is 10.1. The molecule has 9 heteroatoms. The van der Waals surface area contributed by atoms with Crippen LogP contribution in [-0.4, -0.2) is 34.2 Å². The molecule has 0 aromatic carbocycles. The van der Waals surface area contributed by atoms with E-state index in [4.69, 9.17) is 32.8 Å². The van der Waals surface area contributed by atoms with Crippen molar-refractivity contribution in [1.29, 1.82) is 0 Å². The summed E-state index contributed by atoms with van der Waals surface area (Å²) in [5, 5.41) is -0.655. The summed E-state index contributed by atoms with van der Waals surface area (Å²) >= 11 is 0. The summed E-state index contributed by atoms with van der Waals surface area (Å²) < 4.78 is 21.4. The summed E-state index contributed by atoms with van der Waals surface area (Å²) in [6.07, 6.45) is 0. The monoisotopic (exact) mass is 330 g/mol. The predicted octanol–water partition coefficient (Wildman–Crippen LogP) is 2.59. The van der Waals surface area contributed by atoms with E-state index in [0.717, 1.165) is 0 Å². The van der Waals surface area contributed by atoms with Crippen molar-refractivity contribution in [3.8, 4) is 0 Å². The molecular weight excluding hydrogens is 303 g/mol. The second kappa shape index (κ2) is 10.2. The Morgan fingerprint density at radius 3 is 1.50 bits per heavy atom. The van der Waals surface area contributed by atoms with Gasteiger partial charge in [0.1, 0.15) is 0 Å². The SMILES string of the molecule is CCOO[Si](OOCC)(OOCC)OC(C)(P)C(C)C. The van der Waals surface area contributed by atoms with E-state index in [-0.39, 0.29) is 5.92 Å². The van der Waals surface area contributed by atoms with Crippen molar-refractivity contribution >= 4 is 18.3 Å². The van der Waals surface area contributed by atoms with E-state index in [1.807, 2.05) is 20.8 Å². The van der Waals surface area contributed by atoms with Crippen LogP contribution in [0, 0.1) is 5.92 Å². The second-order valence-electron chi connectivity index (χ2n) is 4.41. The molecule has 0 rings (SSSR count). The molecule has 0 fully saturated rings. The van der Waals surface area contributed by atoms with Crippen LogP contribution >= 0.6 is 9.24 Å². The smallest absolute Gasteiger partial charge is 0.338 e. The topological polar surface area (TPSA) is 64.6 Å². The summed E-state index contributed by atoms with van der Waals surface area (Å²) in [4.78, 5) is 14.8. The van der Waals surface area contributed by atoms with Crippen molar-refractivity contribution in [1.82, 2.24) is 0 Å². The van der Waals surface area contributed by atoms with Gasteiger partial charge in [-0.05, 0) is 33.6 Å². The van der Waals surface area contributed by atoms with Gasteiger partial charge in [-0.1, -0.05) is 13.8 Å². The van der Waals surface area contributed by atoms with Gasteiger partial charge >= 0.3 is 9.05 Å². The summed E-state index contributed by atoms with van der Waals surface area (Å²) in [5.74, 6) is 0.153. The van der Waals surface area contributed by atoms with Gasteiger partial charge in [0.2, 0.25) is 0 Å². The van der Waals surface area contributed by atoms with Crippen molar-refractivity contribution in [2.75, 3.05) is 19.8 Å². The number of hydrogen-bond acceptors (Lipinski definition) is 7. The zero-order chi connectivity index (χ0) is 15.6. The summed E-state index contributed by atoms with van der Waals surface area (Å²) in [7, 11) is -1.15. The molecule has 0 aliphatic rings. The molecule has 0 heterocycles. The molecule has 0 bridgehead atoms. The molecule has 0 radical (unpaired) electrons. The van der Waals surface area contributed by atoms with E-state index in [2.05, 4.69) is 9.24 Å². The van der Waals surface area contributed by atoms with E-state index in [1.165, 1.54) is 0 Å². The van der Waals surface area contributed by atoms with Crippen molar-refractivity contribution in [3.05, 3.63) is 0 Å². The minimum Gasteiger partial charge on any atom is -0.338 e. The van der Waals surface area contributed by atoms with Crippen molar-refractivity contribution in [3.63, 3.8) is 0 Å². The van der Waals surface area contributed by atoms with Gasteiger partial charge in [0, 0.05) is 0 Å². The molecule has 0 amide bonds. The molecular formula is C11H27O7PSi. The molecule has 0 spiro atoms. The molecule has 0 aliphatic carbocycles. The van der Waals surface area contributed by atoms with E-state index in [1.54, 1.807) is 20.8 Å². The number of rotatable bonds is 12. The van der Waals surface area contributed by atoms with Gasteiger partial charge in [-0.2, -0.15) is 13.7 Å². The highest BCUT2D eigenvalue weighted by Gasteiger charge is 2.56. The molecule has 20 heavy (non-hydrogen) atoms. The molecule has 0 N–H and O–H groups in total. The molecule has 2 atom stereocenters. The molecule has 0 aromatic heterocycles. The Hall–Kier alpha value is 0.367. The fraction of sp³-hybridized carbons (Fsp3) is 1.00. The largest absolute Gasteiger partial charge is 0.765 e. The van der Waals surface area contributed by atoms with Gasteiger partial charge < -0.3 is 4.43 Å². The maximum absolute atomic E-state index is 5.85. The Balaban J connectivity index is 5.01. The Labute approximate surface area is 124 Å². The minimum absolute atomic E-state index is 0.153. The Kier molecular flexibility index (Phi) is 10.3. The highest BCUT2D eigenvalue weighted by atomic mass is 31.0. The van der Waals surface area contributed by atoms with Gasteiger partial charge in [0.15, 0.2) is 0 Å². The minimum atomic E-state index is -3.74. The average molecular weight is 330 g/mol. The zero-order valence-electron chi connectivity index (χ0n) is 13.1. The van der Waals surface area contributed by atoms with Crippen LogP contribution in [0.25, 0.3) is 0 Å². The summed E-state index contributed by atoms with van der Waals surface area (Å²) in [6.45, 7) is 12.1. The van der Waals surface area contributed by atoms with E-state index in [9.17, 15) is 0 Å². The van der Waals surface area contributed by atoms with Crippen LogP contribution < -0.4 is 0 Å². The molecule has 7 nitrogen and oxygen atoms in total. The third-order valence-electron chi connectivity index (χ3n) is 2.33. The lowest BCUT2D eigenvalue weighted by molar-refractivity contribution is -0.390. The summed E-state index contributed by atoms with van der Waals surface area (Å²) in [6, 6.07) is 0. The average Bonchev–Trinajstić information content (AvgIpc) is 2.40. The molecule has 0 saturated carbocycles. The van der Waals surface area contributed by atoms with Gasteiger partial charge in [-0.25, -0.2) is 14.7 Å². The quantitative estimate of drug-likeness (QED) is 0.236. The zero-order valence-corrected chi connectivity index (χ0v) is 15.3. The van der Waals surface area contributed by atoms with Crippen LogP contribution in [0.4, 0.5) is 0 Å². The van der Waals surface area contributed by atoms with Gasteiger partial charge in [0.05, 0.1) is 25.2 Å². The maximum atomic E-state index is 5.85. The van der Waals surface area contributed by atoms with Crippen molar-refractivity contribution in [2.24, 2.45) is 5.92 Å². The highest BCUT2D eigenvalue weighted by Crippen LogP contribution is 2.33. The number of hydrogen-bond donors (Lipinski definition) is 0. The first-order valence-corrected chi connectivity index (χ1v) is 8.95. The molecule has 0 saturated heterocycles. The van der Waals surface area contributed by atoms with E-state index >= 15 is 0 Å². The van der Waals surface area contributed by atoms with E-state index in [0.29, 0.717) is 19.8 Å². The molecule has 0 aromatic rings. The predicted molar refractivity (Wildman–Crippen MR) is 77.9 cm³/mol. The molecule has 0 aliphatic heterocycles. The van der Waals surface area contributed by atoms with E-state index < -0.39 is 14.4 Å². The highest BCUT2D eigenvalue weighted by molar-refractivity contribution is 7.18. The first-order chi connectivity index (χ1) is 9.33. The maximum Gasteiger partial charge on any atom is 0.765 e. The van der Waals surface area contributed by atoms with Crippen LogP contribution in [0.3, 0.4) is 0 Å². The lowest BCUT2D eigenvalue weighted by Crippen LogP contribution is -2.54. The van der Waals surface area contributed by atoms with Crippen LogP contribution in [0.1, 0.15) is 41.5 Å². The van der Waals surface area contributed by atoms with Gasteiger partial charge in [0.25, 0.3) is 0 Å². The Bertz CT molecular complexity index is 231. The molecule has 122 valence electrons. The molecule has 2 unspecified atom stereocenters. The summed E-state index contributed by atoms with van der Waals surface area (Å²) in [5.41, 5.74) is 0. The fourth-order valence-corrected chi connectivity index (χ4v) is 3.05. The normalized spacial score (nSPS) is 15.6. The first kappa shape index (κ1) is 20.4. The Morgan fingerprint density at radius 2 is 1.25 bits per heavy atom. The fourth-order valence-electron chi connectivity index (χ4n) is 0.873. The Morgan fingerprint density at radius 1 is 0.900 bits per heavy atom. The standard InChI is InChI=1S/C11H27O7PSi/c1-7-12-16-20(17-13-8-2,18-14-9-3)15-11(6,19)10(4)5/h10H,7-9,19H2,1-6H3. The first-order valence-electron chi connectivity index (χ1n) is 6.74. The van der Waals surface area contributed by atoms with Gasteiger partial charge in [-0.15, -0.1) is 9.24 Å².